The zero-order valence-corrected chi connectivity index (χ0v) is 13.4. The Kier molecular flexibility index (Phi) is 4.49. The highest BCUT2D eigenvalue weighted by Crippen LogP contribution is 2.47. The number of hydrogen-bond acceptors (Lipinski definition) is 6. The summed E-state index contributed by atoms with van der Waals surface area (Å²) in [6.07, 6.45) is 4.36. The number of amidine groups is 1. The van der Waals surface area contributed by atoms with Gasteiger partial charge < -0.3 is 4.74 Å². The maximum atomic E-state index is 12.3. The van der Waals surface area contributed by atoms with Crippen LogP contribution in [0.2, 0.25) is 0 Å². The molecule has 0 bridgehead atoms. The molecule has 0 saturated carbocycles. The average Bonchev–Trinajstić information content (AvgIpc) is 2.84. The maximum absolute atomic E-state index is 12.3. The molecule has 2 aliphatic heterocycles. The first-order valence-electron chi connectivity index (χ1n) is 7.08. The number of carbonyl (C=O) groups excluding carboxylic acids is 2. The Morgan fingerprint density at radius 3 is 3.00 bits per heavy atom. The minimum atomic E-state index is -0.309. The SMILES string of the molecule is CCOC(=O)CSC1=NC(=O)C2C(=N1)SC1=C2CCCC1. The van der Waals surface area contributed by atoms with Crippen LogP contribution in [0.25, 0.3) is 0 Å². The van der Waals surface area contributed by atoms with Crippen LogP contribution in [0.1, 0.15) is 32.6 Å². The molecule has 1 amide bonds. The lowest BCUT2D eigenvalue weighted by Crippen LogP contribution is -2.25. The maximum Gasteiger partial charge on any atom is 0.316 e. The molecule has 21 heavy (non-hydrogen) atoms. The number of nitrogens with zero attached hydrogens (tertiary/aromatic N) is 2. The summed E-state index contributed by atoms with van der Waals surface area (Å²) in [4.78, 5) is 33.5. The second-order valence-corrected chi connectivity index (χ2v) is 7.02. The number of amides is 1. The predicted octanol–water partition coefficient (Wildman–Crippen LogP) is 2.77. The van der Waals surface area contributed by atoms with Gasteiger partial charge in [-0.1, -0.05) is 23.5 Å². The normalized spacial score (nSPS) is 24.2. The molecule has 0 aromatic rings. The fourth-order valence-electron chi connectivity index (χ4n) is 2.67. The molecule has 0 spiro atoms. The van der Waals surface area contributed by atoms with Gasteiger partial charge in [-0.05, 0) is 43.1 Å². The Labute approximate surface area is 131 Å². The summed E-state index contributed by atoms with van der Waals surface area (Å²) in [5, 5.41) is 1.22. The number of allylic oxidation sites excluding steroid dienone is 1. The molecule has 3 aliphatic rings. The van der Waals surface area contributed by atoms with Crippen molar-refractivity contribution in [3.63, 3.8) is 0 Å². The van der Waals surface area contributed by atoms with Crippen LogP contribution in [0.5, 0.6) is 0 Å². The number of esters is 1. The van der Waals surface area contributed by atoms with Crippen LogP contribution < -0.4 is 0 Å². The monoisotopic (exact) mass is 324 g/mol. The van der Waals surface area contributed by atoms with Crippen LogP contribution in [-0.2, 0) is 14.3 Å². The van der Waals surface area contributed by atoms with Crippen LogP contribution in [-0.4, -0.2) is 34.4 Å². The van der Waals surface area contributed by atoms with E-state index in [2.05, 4.69) is 9.98 Å². The summed E-state index contributed by atoms with van der Waals surface area (Å²) in [6.45, 7) is 2.12. The van der Waals surface area contributed by atoms with Crippen molar-refractivity contribution in [3.8, 4) is 0 Å². The van der Waals surface area contributed by atoms with Gasteiger partial charge in [-0.25, -0.2) is 4.99 Å². The van der Waals surface area contributed by atoms with Gasteiger partial charge in [0.1, 0.15) is 5.92 Å². The number of ether oxygens (including phenoxy) is 1. The van der Waals surface area contributed by atoms with E-state index in [1.165, 1.54) is 28.7 Å². The number of hydrogen-bond donors (Lipinski definition) is 0. The number of carbonyl (C=O) groups is 2. The van der Waals surface area contributed by atoms with E-state index in [1.807, 2.05) is 0 Å². The van der Waals surface area contributed by atoms with Crippen LogP contribution in [0.4, 0.5) is 0 Å². The summed E-state index contributed by atoms with van der Waals surface area (Å²) >= 11 is 2.80. The topological polar surface area (TPSA) is 68.1 Å². The smallest absolute Gasteiger partial charge is 0.316 e. The molecule has 112 valence electrons. The highest BCUT2D eigenvalue weighted by Gasteiger charge is 2.40. The van der Waals surface area contributed by atoms with E-state index in [9.17, 15) is 9.59 Å². The Balaban J connectivity index is 1.69. The van der Waals surface area contributed by atoms with Crippen molar-refractivity contribution in [2.45, 2.75) is 32.6 Å². The van der Waals surface area contributed by atoms with Crippen molar-refractivity contribution in [3.05, 3.63) is 10.5 Å². The fourth-order valence-corrected chi connectivity index (χ4v) is 4.72. The summed E-state index contributed by atoms with van der Waals surface area (Å²) in [5.41, 5.74) is 1.23. The van der Waals surface area contributed by atoms with Gasteiger partial charge in [0.25, 0.3) is 5.91 Å². The summed E-state index contributed by atoms with van der Waals surface area (Å²) in [5.74, 6) is -0.543. The van der Waals surface area contributed by atoms with E-state index in [-0.39, 0.29) is 23.5 Å². The zero-order chi connectivity index (χ0) is 14.8. The van der Waals surface area contributed by atoms with Gasteiger partial charge in [0.2, 0.25) is 0 Å². The number of aliphatic imine (C=N–C) groups is 2. The van der Waals surface area contributed by atoms with Gasteiger partial charge in [-0.15, -0.1) is 0 Å². The van der Waals surface area contributed by atoms with Crippen LogP contribution in [0.3, 0.4) is 0 Å². The van der Waals surface area contributed by atoms with Crippen molar-refractivity contribution >= 4 is 45.6 Å². The third-order valence-electron chi connectivity index (χ3n) is 3.56. The first kappa shape index (κ1) is 14.8. The number of fused-ring (bicyclic) bond motifs is 2. The number of thioether (sulfide) groups is 2. The van der Waals surface area contributed by atoms with Gasteiger partial charge in [0.05, 0.1) is 17.4 Å². The predicted molar refractivity (Wildman–Crippen MR) is 85.5 cm³/mol. The van der Waals surface area contributed by atoms with Crippen LogP contribution >= 0.6 is 23.5 Å². The van der Waals surface area contributed by atoms with Crippen molar-refractivity contribution < 1.29 is 14.3 Å². The van der Waals surface area contributed by atoms with Gasteiger partial charge >= 0.3 is 5.97 Å². The summed E-state index contributed by atoms with van der Waals surface area (Å²) < 4.78 is 4.86. The lowest BCUT2D eigenvalue weighted by atomic mass is 9.89. The van der Waals surface area contributed by atoms with Crippen molar-refractivity contribution in [2.75, 3.05) is 12.4 Å². The van der Waals surface area contributed by atoms with E-state index in [0.29, 0.717) is 11.8 Å². The lowest BCUT2D eigenvalue weighted by Gasteiger charge is -2.17. The minimum Gasteiger partial charge on any atom is -0.465 e. The highest BCUT2D eigenvalue weighted by atomic mass is 32.2. The molecule has 0 aromatic heterocycles. The molecule has 0 aromatic carbocycles. The average molecular weight is 324 g/mol. The third kappa shape index (κ3) is 3.08. The van der Waals surface area contributed by atoms with Crippen LogP contribution in [0, 0.1) is 5.92 Å². The molecular formula is C14H16N2O3S2. The molecule has 1 aliphatic carbocycles. The molecule has 0 fully saturated rings. The second-order valence-electron chi connectivity index (χ2n) is 4.97. The summed E-state index contributed by atoms with van der Waals surface area (Å²) in [6, 6.07) is 0. The van der Waals surface area contributed by atoms with Gasteiger partial charge in [0.15, 0.2) is 5.17 Å². The molecular weight excluding hydrogens is 308 g/mol. The molecule has 1 unspecified atom stereocenters. The molecule has 0 N–H and O–H groups in total. The molecule has 5 nitrogen and oxygen atoms in total. The fraction of sp³-hybridized carbons (Fsp3) is 0.571. The van der Waals surface area contributed by atoms with Crippen molar-refractivity contribution in [2.24, 2.45) is 15.9 Å². The van der Waals surface area contributed by atoms with Crippen molar-refractivity contribution in [1.29, 1.82) is 0 Å². The molecule has 0 radical (unpaired) electrons. The van der Waals surface area contributed by atoms with E-state index < -0.39 is 0 Å². The zero-order valence-electron chi connectivity index (χ0n) is 11.8. The van der Waals surface area contributed by atoms with E-state index in [1.54, 1.807) is 18.7 Å². The second kappa shape index (κ2) is 6.36. The largest absolute Gasteiger partial charge is 0.465 e. The summed E-state index contributed by atoms with van der Waals surface area (Å²) in [7, 11) is 0. The van der Waals surface area contributed by atoms with Crippen LogP contribution in [0.15, 0.2) is 20.5 Å². The third-order valence-corrected chi connectivity index (χ3v) is 5.63. The molecule has 0 saturated heterocycles. The van der Waals surface area contributed by atoms with Gasteiger partial charge in [-0.2, -0.15) is 4.99 Å². The Bertz CT molecular complexity index is 581. The van der Waals surface area contributed by atoms with E-state index in [0.717, 1.165) is 24.3 Å². The van der Waals surface area contributed by atoms with Gasteiger partial charge in [-0.3, -0.25) is 9.59 Å². The van der Waals surface area contributed by atoms with E-state index in [4.69, 9.17) is 4.74 Å². The minimum absolute atomic E-state index is 0.134. The highest BCUT2D eigenvalue weighted by molar-refractivity contribution is 8.18. The Hall–Kier alpha value is -1.08. The Morgan fingerprint density at radius 1 is 1.38 bits per heavy atom. The number of rotatable bonds is 3. The first-order valence-corrected chi connectivity index (χ1v) is 8.88. The lowest BCUT2D eigenvalue weighted by molar-refractivity contribution is -0.139. The molecule has 3 rings (SSSR count). The first-order chi connectivity index (χ1) is 10.2. The Morgan fingerprint density at radius 2 is 2.19 bits per heavy atom. The molecule has 7 heteroatoms. The molecule has 1 atom stereocenters. The van der Waals surface area contributed by atoms with Crippen molar-refractivity contribution in [1.82, 2.24) is 0 Å². The molecule has 2 heterocycles. The standard InChI is InChI=1S/C14H16N2O3S2/c1-2-19-10(17)7-20-14-15-12(18)11-8-5-3-4-6-9(8)21-13(11)16-14/h11H,2-7H2,1H3. The van der Waals surface area contributed by atoms with Gasteiger partial charge in [0, 0.05) is 0 Å². The van der Waals surface area contributed by atoms with E-state index >= 15 is 0 Å². The quantitative estimate of drug-likeness (QED) is 0.747.